The van der Waals surface area contributed by atoms with Crippen molar-refractivity contribution >= 4 is 5.78 Å². The number of rotatable bonds is 17. The van der Waals surface area contributed by atoms with Crippen LogP contribution in [0.1, 0.15) is 114 Å². The van der Waals surface area contributed by atoms with Gasteiger partial charge in [-0.25, -0.2) is 0 Å². The van der Waals surface area contributed by atoms with E-state index >= 15 is 0 Å². The third-order valence-electron chi connectivity index (χ3n) is 5.44. The van der Waals surface area contributed by atoms with Gasteiger partial charge in [-0.1, -0.05) is 77.6 Å². The number of aromatic hydroxyl groups is 3. The molecule has 5 heteroatoms. The maximum absolute atomic E-state index is 12.1. The number of phenols is 3. The maximum atomic E-state index is 12.1. The van der Waals surface area contributed by atoms with Gasteiger partial charge in [0.05, 0.1) is 6.10 Å². The smallest absolute Gasteiger partial charge is 0.170 e. The Labute approximate surface area is 175 Å². The molecule has 0 radical (unpaired) electrons. The van der Waals surface area contributed by atoms with Gasteiger partial charge in [0.2, 0.25) is 0 Å². The SMILES string of the molecule is CCCCC(O)CCCCCCCCCCCCC(=O)c1c(O)cc(O)cc1O. The van der Waals surface area contributed by atoms with E-state index < -0.39 is 0 Å². The quantitative estimate of drug-likeness (QED) is 0.181. The molecule has 0 fully saturated rings. The summed E-state index contributed by atoms with van der Waals surface area (Å²) >= 11 is 0. The number of hydrogen-bond acceptors (Lipinski definition) is 5. The van der Waals surface area contributed by atoms with Crippen molar-refractivity contribution in [3.8, 4) is 17.2 Å². The van der Waals surface area contributed by atoms with E-state index in [1.165, 1.54) is 38.5 Å². The van der Waals surface area contributed by atoms with Crippen molar-refractivity contribution in [2.45, 2.75) is 109 Å². The van der Waals surface area contributed by atoms with Crippen molar-refractivity contribution in [3.63, 3.8) is 0 Å². The monoisotopic (exact) mass is 408 g/mol. The molecule has 0 aliphatic carbocycles. The third-order valence-corrected chi connectivity index (χ3v) is 5.44. The highest BCUT2D eigenvalue weighted by Crippen LogP contribution is 2.33. The molecule has 0 aliphatic heterocycles. The van der Waals surface area contributed by atoms with Crippen molar-refractivity contribution in [2.24, 2.45) is 0 Å². The Balaban J connectivity index is 1.97. The minimum Gasteiger partial charge on any atom is -0.508 e. The summed E-state index contributed by atoms with van der Waals surface area (Å²) in [4.78, 5) is 12.1. The molecule has 0 aliphatic rings. The molecule has 0 heterocycles. The molecule has 5 nitrogen and oxygen atoms in total. The standard InChI is InChI=1S/C24H40O5/c1-2-3-14-19(25)15-12-10-8-6-4-5-7-9-11-13-16-21(27)24-22(28)17-20(26)18-23(24)29/h17-19,25-26,28-29H,2-16H2,1H3. The van der Waals surface area contributed by atoms with E-state index in [0.29, 0.717) is 0 Å². The summed E-state index contributed by atoms with van der Waals surface area (Å²) in [7, 11) is 0. The zero-order valence-electron chi connectivity index (χ0n) is 18.0. The Morgan fingerprint density at radius 2 is 1.21 bits per heavy atom. The van der Waals surface area contributed by atoms with Crippen LogP contribution in [0.5, 0.6) is 17.2 Å². The van der Waals surface area contributed by atoms with Gasteiger partial charge in [0.1, 0.15) is 22.8 Å². The highest BCUT2D eigenvalue weighted by molar-refractivity contribution is 6.01. The first-order chi connectivity index (χ1) is 14.0. The van der Waals surface area contributed by atoms with Crippen molar-refractivity contribution in [1.82, 2.24) is 0 Å². The molecule has 1 aromatic rings. The second-order valence-corrected chi connectivity index (χ2v) is 8.15. The predicted molar refractivity (Wildman–Crippen MR) is 117 cm³/mol. The van der Waals surface area contributed by atoms with E-state index in [4.69, 9.17) is 0 Å². The van der Waals surface area contributed by atoms with Crippen LogP contribution >= 0.6 is 0 Å². The number of phenolic OH excluding ortho intramolecular Hbond substituents is 3. The predicted octanol–water partition coefficient (Wildman–Crippen LogP) is 6.22. The van der Waals surface area contributed by atoms with Crippen LogP contribution in [-0.2, 0) is 0 Å². The fourth-order valence-corrected chi connectivity index (χ4v) is 3.67. The molecule has 0 bridgehead atoms. The van der Waals surface area contributed by atoms with E-state index in [-0.39, 0.29) is 41.1 Å². The summed E-state index contributed by atoms with van der Waals surface area (Å²) in [6.07, 6.45) is 15.6. The van der Waals surface area contributed by atoms with E-state index in [1.807, 2.05) is 0 Å². The van der Waals surface area contributed by atoms with Crippen LogP contribution in [-0.4, -0.2) is 32.3 Å². The number of aliphatic hydroxyl groups is 1. The average Bonchev–Trinajstić information content (AvgIpc) is 2.66. The van der Waals surface area contributed by atoms with Crippen LogP contribution in [0.25, 0.3) is 0 Å². The van der Waals surface area contributed by atoms with E-state index in [9.17, 15) is 25.2 Å². The molecule has 0 saturated carbocycles. The number of benzene rings is 1. The molecule has 1 atom stereocenters. The van der Waals surface area contributed by atoms with E-state index in [0.717, 1.165) is 63.5 Å². The molecule has 0 amide bonds. The number of aliphatic hydroxyl groups excluding tert-OH is 1. The highest BCUT2D eigenvalue weighted by Gasteiger charge is 2.17. The Morgan fingerprint density at radius 3 is 1.72 bits per heavy atom. The van der Waals surface area contributed by atoms with Gasteiger partial charge in [-0.2, -0.15) is 0 Å². The summed E-state index contributed by atoms with van der Waals surface area (Å²) < 4.78 is 0. The van der Waals surface area contributed by atoms with Gasteiger partial charge in [-0.15, -0.1) is 0 Å². The number of Topliss-reactive ketones (excluding diaryl/α,β-unsaturated/α-hetero) is 1. The second kappa shape index (κ2) is 15.1. The lowest BCUT2D eigenvalue weighted by Gasteiger charge is -2.09. The molecule has 1 rings (SSSR count). The van der Waals surface area contributed by atoms with Gasteiger partial charge in [0.25, 0.3) is 0 Å². The number of unbranched alkanes of at least 4 members (excludes halogenated alkanes) is 10. The molecule has 1 unspecified atom stereocenters. The first kappa shape index (κ1) is 25.3. The Hall–Kier alpha value is -1.75. The Morgan fingerprint density at radius 1 is 0.759 bits per heavy atom. The Bertz CT molecular complexity index is 562. The molecule has 0 aromatic heterocycles. The maximum Gasteiger partial charge on any atom is 0.170 e. The summed E-state index contributed by atoms with van der Waals surface area (Å²) in [5, 5.41) is 38.5. The van der Waals surface area contributed by atoms with Gasteiger partial charge < -0.3 is 20.4 Å². The zero-order valence-corrected chi connectivity index (χ0v) is 18.0. The first-order valence-corrected chi connectivity index (χ1v) is 11.4. The Kier molecular flexibility index (Phi) is 13.2. The normalized spacial score (nSPS) is 12.2. The molecular weight excluding hydrogens is 368 g/mol. The molecule has 0 spiro atoms. The van der Waals surface area contributed by atoms with Crippen LogP contribution in [0.2, 0.25) is 0 Å². The number of ketones is 1. The second-order valence-electron chi connectivity index (χ2n) is 8.15. The summed E-state index contributed by atoms with van der Waals surface area (Å²) in [5.74, 6) is -1.30. The van der Waals surface area contributed by atoms with Crippen LogP contribution < -0.4 is 0 Å². The fraction of sp³-hybridized carbons (Fsp3) is 0.708. The molecule has 166 valence electrons. The van der Waals surface area contributed by atoms with Gasteiger partial charge in [-0.3, -0.25) is 4.79 Å². The van der Waals surface area contributed by atoms with Crippen molar-refractivity contribution in [1.29, 1.82) is 0 Å². The molecule has 1 aromatic carbocycles. The lowest BCUT2D eigenvalue weighted by molar-refractivity contribution is 0.0973. The minimum absolute atomic E-state index is 0.0966. The van der Waals surface area contributed by atoms with Crippen molar-refractivity contribution < 1.29 is 25.2 Å². The van der Waals surface area contributed by atoms with Crippen LogP contribution in [0, 0.1) is 0 Å². The largest absolute Gasteiger partial charge is 0.508 e. The van der Waals surface area contributed by atoms with Crippen LogP contribution in [0.4, 0.5) is 0 Å². The minimum atomic E-state index is -0.372. The van der Waals surface area contributed by atoms with E-state index in [1.54, 1.807) is 0 Å². The lowest BCUT2D eigenvalue weighted by atomic mass is 10.0. The third kappa shape index (κ3) is 11.1. The topological polar surface area (TPSA) is 98.0 Å². The lowest BCUT2D eigenvalue weighted by Crippen LogP contribution is -2.05. The van der Waals surface area contributed by atoms with Gasteiger partial charge in [-0.05, 0) is 19.3 Å². The summed E-state index contributed by atoms with van der Waals surface area (Å²) in [5.41, 5.74) is -0.0966. The van der Waals surface area contributed by atoms with Crippen LogP contribution in [0.15, 0.2) is 12.1 Å². The molecule has 4 N–H and O–H groups in total. The van der Waals surface area contributed by atoms with Gasteiger partial charge in [0.15, 0.2) is 5.78 Å². The van der Waals surface area contributed by atoms with Crippen molar-refractivity contribution in [2.75, 3.05) is 0 Å². The molecule has 0 saturated heterocycles. The average molecular weight is 409 g/mol. The zero-order chi connectivity index (χ0) is 21.5. The van der Waals surface area contributed by atoms with Gasteiger partial charge >= 0.3 is 0 Å². The fourth-order valence-electron chi connectivity index (χ4n) is 3.67. The molecule has 29 heavy (non-hydrogen) atoms. The summed E-state index contributed by atoms with van der Waals surface area (Å²) in [6.45, 7) is 2.15. The highest BCUT2D eigenvalue weighted by atomic mass is 16.3. The molecular formula is C24H40O5. The first-order valence-electron chi connectivity index (χ1n) is 11.4. The van der Waals surface area contributed by atoms with Crippen molar-refractivity contribution in [3.05, 3.63) is 17.7 Å². The summed E-state index contributed by atoms with van der Waals surface area (Å²) in [6, 6.07) is 2.14. The number of hydrogen-bond donors (Lipinski definition) is 4. The van der Waals surface area contributed by atoms with E-state index in [2.05, 4.69) is 6.92 Å². The number of carbonyl (C=O) groups is 1. The van der Waals surface area contributed by atoms with Gasteiger partial charge in [0, 0.05) is 18.6 Å². The van der Waals surface area contributed by atoms with Crippen LogP contribution in [0.3, 0.4) is 0 Å². The number of carbonyl (C=O) groups excluding carboxylic acids is 1.